The fraction of sp³-hybridized carbons (Fsp3) is 0.583. The molecule has 0 unspecified atom stereocenters. The first-order valence-electron chi connectivity index (χ1n) is 11.4. The Morgan fingerprint density at radius 3 is 2.55 bits per heavy atom. The summed E-state index contributed by atoms with van der Waals surface area (Å²) in [6, 6.07) is 5.20. The molecule has 1 aromatic carbocycles. The highest BCUT2D eigenvalue weighted by atomic mass is 19.4. The van der Waals surface area contributed by atoms with Gasteiger partial charge in [0, 0.05) is 18.3 Å². The highest BCUT2D eigenvalue weighted by Crippen LogP contribution is 2.36. The lowest BCUT2D eigenvalue weighted by Crippen LogP contribution is -2.35. The topological polar surface area (TPSA) is 56.6 Å². The van der Waals surface area contributed by atoms with Crippen LogP contribution in [0.4, 0.5) is 23.7 Å². The molecule has 1 aliphatic heterocycles. The van der Waals surface area contributed by atoms with Crippen LogP contribution in [0.25, 0.3) is 0 Å². The molecular weight excluding hydrogens is 435 g/mol. The minimum atomic E-state index is -4.54. The van der Waals surface area contributed by atoms with Gasteiger partial charge in [0.15, 0.2) is 5.69 Å². The average Bonchev–Trinajstić information content (AvgIpc) is 3.36. The minimum Gasteiger partial charge on any atom is -0.489 e. The summed E-state index contributed by atoms with van der Waals surface area (Å²) in [5.74, 6) is 0.457. The molecular formula is C24H30F3N3O3. The van der Waals surface area contributed by atoms with Gasteiger partial charge in [0.05, 0.1) is 11.7 Å². The average molecular weight is 466 g/mol. The predicted octanol–water partition coefficient (Wildman–Crippen LogP) is 6.28. The van der Waals surface area contributed by atoms with Crippen molar-refractivity contribution in [2.75, 3.05) is 11.4 Å². The molecule has 6 nitrogen and oxygen atoms in total. The number of hydrogen-bond acceptors (Lipinski definition) is 4. The summed E-state index contributed by atoms with van der Waals surface area (Å²) >= 11 is 0. The maximum absolute atomic E-state index is 13.6. The minimum absolute atomic E-state index is 0.00688. The molecule has 2 aliphatic rings. The number of carbonyl (C=O) groups excluding carboxylic acids is 1. The quantitative estimate of drug-likeness (QED) is 0.533. The largest absolute Gasteiger partial charge is 0.489 e. The van der Waals surface area contributed by atoms with Crippen LogP contribution in [-0.2, 0) is 23.9 Å². The van der Waals surface area contributed by atoms with Crippen molar-refractivity contribution in [1.82, 2.24) is 9.78 Å². The van der Waals surface area contributed by atoms with Crippen LogP contribution < -0.4 is 9.64 Å². The van der Waals surface area contributed by atoms with E-state index >= 15 is 0 Å². The molecule has 1 aliphatic carbocycles. The number of rotatable bonds is 4. The Bertz CT molecular complexity index is 1000. The van der Waals surface area contributed by atoms with Crippen LogP contribution in [0.5, 0.6) is 5.75 Å². The summed E-state index contributed by atoms with van der Waals surface area (Å²) in [6.07, 6.45) is 1.97. The zero-order valence-corrected chi connectivity index (χ0v) is 19.2. The van der Waals surface area contributed by atoms with E-state index in [1.807, 2.05) is 20.8 Å². The Morgan fingerprint density at radius 1 is 1.15 bits per heavy atom. The third-order valence-electron chi connectivity index (χ3n) is 5.98. The van der Waals surface area contributed by atoms with Crippen molar-refractivity contribution in [2.24, 2.45) is 0 Å². The van der Waals surface area contributed by atoms with Crippen molar-refractivity contribution in [3.63, 3.8) is 0 Å². The van der Waals surface area contributed by atoms with Gasteiger partial charge >= 0.3 is 12.3 Å². The smallest absolute Gasteiger partial charge is 0.435 e. The molecule has 0 radical (unpaired) electrons. The maximum atomic E-state index is 13.6. The summed E-state index contributed by atoms with van der Waals surface area (Å²) < 4.78 is 53.4. The van der Waals surface area contributed by atoms with Crippen LogP contribution in [0.3, 0.4) is 0 Å². The molecule has 0 atom stereocenters. The van der Waals surface area contributed by atoms with Gasteiger partial charge in [-0.3, -0.25) is 9.58 Å². The zero-order chi connectivity index (χ0) is 23.8. The maximum Gasteiger partial charge on any atom is 0.435 e. The van der Waals surface area contributed by atoms with Gasteiger partial charge in [0.25, 0.3) is 0 Å². The van der Waals surface area contributed by atoms with E-state index in [0.717, 1.165) is 43.4 Å². The lowest BCUT2D eigenvalue weighted by atomic mass is 9.96. The molecule has 2 aromatic rings. The number of alkyl halides is 3. The van der Waals surface area contributed by atoms with Crippen molar-refractivity contribution in [2.45, 2.75) is 83.7 Å². The normalized spacial score (nSPS) is 17.2. The molecule has 180 valence electrons. The van der Waals surface area contributed by atoms with Gasteiger partial charge in [0.2, 0.25) is 0 Å². The van der Waals surface area contributed by atoms with Crippen LogP contribution >= 0.6 is 0 Å². The van der Waals surface area contributed by atoms with E-state index in [2.05, 4.69) is 5.10 Å². The van der Waals surface area contributed by atoms with Gasteiger partial charge in [-0.05, 0) is 63.8 Å². The highest BCUT2D eigenvalue weighted by molar-refractivity contribution is 5.90. The molecule has 0 saturated heterocycles. The van der Waals surface area contributed by atoms with Crippen molar-refractivity contribution in [3.05, 3.63) is 41.2 Å². The highest BCUT2D eigenvalue weighted by Gasteiger charge is 2.38. The van der Waals surface area contributed by atoms with Crippen LogP contribution in [-0.4, -0.2) is 28.0 Å². The standard InChI is InChI=1S/C24H30F3N3O3/c1-23(2,3)33-22(31)29-12-11-16-13-19(9-10-20(16)29)32-15-17-14-30(18-7-5-4-6-8-18)28-21(17)24(25,26)27/h9-10,13-14,18H,4-8,11-12,15H2,1-3H3. The van der Waals surface area contributed by atoms with Crippen molar-refractivity contribution in [3.8, 4) is 5.75 Å². The van der Waals surface area contributed by atoms with Gasteiger partial charge < -0.3 is 9.47 Å². The van der Waals surface area contributed by atoms with Crippen molar-refractivity contribution in [1.29, 1.82) is 0 Å². The fourth-order valence-electron chi connectivity index (χ4n) is 4.44. The lowest BCUT2D eigenvalue weighted by molar-refractivity contribution is -0.142. The van der Waals surface area contributed by atoms with Gasteiger partial charge in [-0.25, -0.2) is 4.79 Å². The summed E-state index contributed by atoms with van der Waals surface area (Å²) in [5.41, 5.74) is 0.181. The van der Waals surface area contributed by atoms with Gasteiger partial charge in [-0.2, -0.15) is 18.3 Å². The number of anilines is 1. The summed E-state index contributed by atoms with van der Waals surface area (Å²) in [6.45, 7) is 5.69. The van der Waals surface area contributed by atoms with E-state index in [9.17, 15) is 18.0 Å². The number of hydrogen-bond donors (Lipinski definition) is 0. The summed E-state index contributed by atoms with van der Waals surface area (Å²) in [5, 5.41) is 3.89. The monoisotopic (exact) mass is 465 g/mol. The Labute approximate surface area is 191 Å². The summed E-state index contributed by atoms with van der Waals surface area (Å²) in [7, 11) is 0. The number of carbonyl (C=O) groups is 1. The Balaban J connectivity index is 1.47. The molecule has 9 heteroatoms. The Kier molecular flexibility index (Phi) is 6.33. The number of ether oxygens (including phenoxy) is 2. The van der Waals surface area contributed by atoms with Crippen LogP contribution in [0.1, 0.15) is 75.7 Å². The zero-order valence-electron chi connectivity index (χ0n) is 19.2. The third kappa shape index (κ3) is 5.45. The third-order valence-corrected chi connectivity index (χ3v) is 5.98. The molecule has 1 fully saturated rings. The first-order valence-corrected chi connectivity index (χ1v) is 11.4. The van der Waals surface area contributed by atoms with E-state index in [1.165, 1.54) is 10.9 Å². The number of benzene rings is 1. The second kappa shape index (κ2) is 8.91. The number of nitrogens with zero attached hydrogens (tertiary/aromatic N) is 3. The Hall–Kier alpha value is -2.71. The van der Waals surface area contributed by atoms with E-state index in [-0.39, 0.29) is 18.2 Å². The number of fused-ring (bicyclic) bond motifs is 1. The van der Waals surface area contributed by atoms with E-state index in [4.69, 9.17) is 9.47 Å². The predicted molar refractivity (Wildman–Crippen MR) is 117 cm³/mol. The molecule has 0 N–H and O–H groups in total. The number of amides is 1. The molecule has 0 bridgehead atoms. The van der Waals surface area contributed by atoms with E-state index in [0.29, 0.717) is 18.7 Å². The van der Waals surface area contributed by atoms with E-state index in [1.54, 1.807) is 23.1 Å². The summed E-state index contributed by atoms with van der Waals surface area (Å²) in [4.78, 5) is 14.0. The first-order chi connectivity index (χ1) is 15.5. The molecule has 1 amide bonds. The molecule has 1 saturated carbocycles. The van der Waals surface area contributed by atoms with Gasteiger partial charge in [-0.15, -0.1) is 0 Å². The van der Waals surface area contributed by atoms with Crippen molar-refractivity contribution >= 4 is 11.8 Å². The molecule has 1 aromatic heterocycles. The second-order valence-electron chi connectivity index (χ2n) is 9.73. The first kappa shape index (κ1) is 23.4. The molecule has 33 heavy (non-hydrogen) atoms. The van der Waals surface area contributed by atoms with Crippen LogP contribution in [0.2, 0.25) is 0 Å². The number of aromatic nitrogens is 2. The fourth-order valence-corrected chi connectivity index (χ4v) is 4.44. The SMILES string of the molecule is CC(C)(C)OC(=O)N1CCc2cc(OCc3cn(C4CCCCC4)nc3C(F)(F)F)ccc21. The lowest BCUT2D eigenvalue weighted by Gasteiger charge is -2.24. The van der Waals surface area contributed by atoms with Gasteiger partial charge in [0.1, 0.15) is 18.0 Å². The Morgan fingerprint density at radius 2 is 1.88 bits per heavy atom. The van der Waals surface area contributed by atoms with E-state index < -0.39 is 23.6 Å². The molecule has 0 spiro atoms. The number of halogens is 3. The second-order valence-corrected chi connectivity index (χ2v) is 9.73. The molecule has 4 rings (SSSR count). The van der Waals surface area contributed by atoms with Crippen LogP contribution in [0.15, 0.2) is 24.4 Å². The van der Waals surface area contributed by atoms with Gasteiger partial charge in [-0.1, -0.05) is 19.3 Å². The molecule has 2 heterocycles. The van der Waals surface area contributed by atoms with Crippen molar-refractivity contribution < 1.29 is 27.4 Å². The van der Waals surface area contributed by atoms with Crippen LogP contribution in [0, 0.1) is 0 Å².